The Morgan fingerprint density at radius 3 is 3.13 bits per heavy atom. The molecule has 4 nitrogen and oxygen atoms in total. The van der Waals surface area contributed by atoms with Gasteiger partial charge in [-0.25, -0.2) is 0 Å². The predicted octanol–water partition coefficient (Wildman–Crippen LogP) is 1.44. The summed E-state index contributed by atoms with van der Waals surface area (Å²) >= 11 is 1.62. The Bertz CT molecular complexity index is 339. The summed E-state index contributed by atoms with van der Waals surface area (Å²) in [5.74, 6) is -0.882. The van der Waals surface area contributed by atoms with Crippen LogP contribution in [0.2, 0.25) is 0 Å². The third kappa shape index (κ3) is 2.18. The Kier molecular flexibility index (Phi) is 3.02. The molecule has 1 saturated heterocycles. The van der Waals surface area contributed by atoms with Gasteiger partial charge in [-0.1, -0.05) is 0 Å². The van der Waals surface area contributed by atoms with Gasteiger partial charge in [0.05, 0.1) is 11.4 Å². The van der Waals surface area contributed by atoms with Gasteiger partial charge in [-0.05, 0) is 19.9 Å². The zero-order chi connectivity index (χ0) is 10.8. The molecule has 1 aromatic rings. The van der Waals surface area contributed by atoms with Crippen molar-refractivity contribution in [3.63, 3.8) is 0 Å². The summed E-state index contributed by atoms with van der Waals surface area (Å²) in [5.41, 5.74) is 1.81. The number of hydrogen-bond donors (Lipinski definition) is 1. The van der Waals surface area contributed by atoms with Crippen molar-refractivity contribution in [2.24, 2.45) is 5.92 Å². The molecule has 1 aromatic heterocycles. The molecular formula is C10H14N2O2S. The maximum absolute atomic E-state index is 10.9. The van der Waals surface area contributed by atoms with E-state index in [0.29, 0.717) is 0 Å². The van der Waals surface area contributed by atoms with Gasteiger partial charge >= 0.3 is 5.97 Å². The van der Waals surface area contributed by atoms with E-state index in [1.54, 1.807) is 11.3 Å². The molecule has 0 radical (unpaired) electrons. The van der Waals surface area contributed by atoms with Crippen LogP contribution in [-0.4, -0.2) is 33.5 Å². The Labute approximate surface area is 92.6 Å². The van der Waals surface area contributed by atoms with Crippen molar-refractivity contribution < 1.29 is 9.90 Å². The van der Waals surface area contributed by atoms with Crippen LogP contribution in [0.5, 0.6) is 0 Å². The first-order valence-corrected chi connectivity index (χ1v) is 5.90. The highest BCUT2D eigenvalue weighted by atomic mass is 32.1. The first kappa shape index (κ1) is 10.6. The molecular weight excluding hydrogens is 212 g/mol. The second-order valence-electron chi connectivity index (χ2n) is 3.91. The van der Waals surface area contributed by atoms with E-state index >= 15 is 0 Å². The summed E-state index contributed by atoms with van der Waals surface area (Å²) in [6.45, 7) is 3.69. The summed E-state index contributed by atoms with van der Waals surface area (Å²) in [6, 6.07) is 0.129. The number of carbonyl (C=O) groups is 1. The lowest BCUT2D eigenvalue weighted by Gasteiger charge is -2.21. The third-order valence-electron chi connectivity index (χ3n) is 3.05. The van der Waals surface area contributed by atoms with Gasteiger partial charge in [0.1, 0.15) is 0 Å². The molecule has 2 atom stereocenters. The van der Waals surface area contributed by atoms with Gasteiger partial charge in [0.25, 0.3) is 0 Å². The molecule has 2 unspecified atom stereocenters. The van der Waals surface area contributed by atoms with E-state index in [1.807, 2.05) is 18.6 Å². The fourth-order valence-corrected chi connectivity index (χ4v) is 2.70. The number of carboxylic acid groups (broad SMARTS) is 1. The molecule has 1 fully saturated rings. The van der Waals surface area contributed by atoms with Crippen LogP contribution in [0.1, 0.15) is 18.2 Å². The van der Waals surface area contributed by atoms with Gasteiger partial charge in [-0.3, -0.25) is 14.7 Å². The summed E-state index contributed by atoms with van der Waals surface area (Å²) < 4.78 is 0. The zero-order valence-corrected chi connectivity index (χ0v) is 9.41. The maximum Gasteiger partial charge on any atom is 0.308 e. The van der Waals surface area contributed by atoms with Crippen molar-refractivity contribution in [3.05, 3.63) is 16.6 Å². The smallest absolute Gasteiger partial charge is 0.308 e. The summed E-state index contributed by atoms with van der Waals surface area (Å²) in [5, 5.41) is 8.99. The van der Waals surface area contributed by atoms with Crippen LogP contribution >= 0.6 is 11.3 Å². The second kappa shape index (κ2) is 4.28. The monoisotopic (exact) mass is 226 g/mol. The number of likely N-dealkylation sites (tertiary alicyclic amines) is 1. The lowest BCUT2D eigenvalue weighted by Crippen LogP contribution is -2.32. The first-order valence-electron chi connectivity index (χ1n) is 5.02. The first-order chi connectivity index (χ1) is 7.18. The molecule has 2 heterocycles. The van der Waals surface area contributed by atoms with E-state index in [0.717, 1.165) is 19.5 Å². The molecule has 1 N–H and O–H groups in total. The van der Waals surface area contributed by atoms with E-state index in [-0.39, 0.29) is 12.0 Å². The van der Waals surface area contributed by atoms with Crippen molar-refractivity contribution in [2.45, 2.75) is 25.9 Å². The van der Waals surface area contributed by atoms with E-state index in [4.69, 9.17) is 5.11 Å². The number of aromatic nitrogens is 1. The van der Waals surface area contributed by atoms with Crippen molar-refractivity contribution in [1.29, 1.82) is 0 Å². The minimum Gasteiger partial charge on any atom is -0.481 e. The van der Waals surface area contributed by atoms with Gasteiger partial charge in [0, 0.05) is 23.7 Å². The lowest BCUT2D eigenvalue weighted by molar-refractivity contribution is -0.142. The highest BCUT2D eigenvalue weighted by Crippen LogP contribution is 2.26. The minimum atomic E-state index is -0.672. The van der Waals surface area contributed by atoms with Crippen LogP contribution in [0.4, 0.5) is 0 Å². The Hall–Kier alpha value is -0.940. The topological polar surface area (TPSA) is 53.4 Å². The zero-order valence-electron chi connectivity index (χ0n) is 8.59. The summed E-state index contributed by atoms with van der Waals surface area (Å²) in [7, 11) is 0. The molecule has 0 amide bonds. The standard InChI is InChI=1S/C10H14N2O2S/c1-7-9(10(13)14)2-3-12(7)5-8-4-11-6-15-8/h4,6-7,9H,2-3,5H2,1H3,(H,13,14). The molecule has 0 aliphatic carbocycles. The number of aliphatic carboxylic acids is 1. The Morgan fingerprint density at radius 2 is 2.60 bits per heavy atom. The average molecular weight is 226 g/mol. The van der Waals surface area contributed by atoms with E-state index in [2.05, 4.69) is 9.88 Å². The van der Waals surface area contributed by atoms with Gasteiger partial charge in [0.15, 0.2) is 0 Å². The highest BCUT2D eigenvalue weighted by molar-refractivity contribution is 7.09. The van der Waals surface area contributed by atoms with Crippen LogP contribution in [0, 0.1) is 5.92 Å². The summed E-state index contributed by atoms with van der Waals surface area (Å²) in [4.78, 5) is 18.4. The quantitative estimate of drug-likeness (QED) is 0.847. The predicted molar refractivity (Wildman–Crippen MR) is 57.7 cm³/mol. The Morgan fingerprint density at radius 1 is 1.80 bits per heavy atom. The fraction of sp³-hybridized carbons (Fsp3) is 0.600. The van der Waals surface area contributed by atoms with Crippen LogP contribution in [0.25, 0.3) is 0 Å². The molecule has 15 heavy (non-hydrogen) atoms. The van der Waals surface area contributed by atoms with Crippen LogP contribution in [0.3, 0.4) is 0 Å². The number of hydrogen-bond acceptors (Lipinski definition) is 4. The molecule has 5 heteroatoms. The average Bonchev–Trinajstić information content (AvgIpc) is 2.78. The number of nitrogens with zero attached hydrogens (tertiary/aromatic N) is 2. The molecule has 1 aliphatic rings. The van der Waals surface area contributed by atoms with Crippen LogP contribution in [-0.2, 0) is 11.3 Å². The van der Waals surface area contributed by atoms with Gasteiger partial charge in [-0.2, -0.15) is 0 Å². The number of carboxylic acids is 1. The van der Waals surface area contributed by atoms with Gasteiger partial charge < -0.3 is 5.11 Å². The minimum absolute atomic E-state index is 0.129. The van der Waals surface area contributed by atoms with Crippen molar-refractivity contribution in [2.75, 3.05) is 6.54 Å². The van der Waals surface area contributed by atoms with Gasteiger partial charge in [-0.15, -0.1) is 11.3 Å². The van der Waals surface area contributed by atoms with Crippen LogP contribution < -0.4 is 0 Å². The summed E-state index contributed by atoms with van der Waals surface area (Å²) in [6.07, 6.45) is 2.61. The second-order valence-corrected chi connectivity index (χ2v) is 4.88. The third-order valence-corrected chi connectivity index (χ3v) is 3.81. The van der Waals surface area contributed by atoms with Crippen molar-refractivity contribution in [1.82, 2.24) is 9.88 Å². The number of thiazole rings is 1. The highest BCUT2D eigenvalue weighted by Gasteiger charge is 2.35. The number of rotatable bonds is 3. The largest absolute Gasteiger partial charge is 0.481 e. The van der Waals surface area contributed by atoms with Gasteiger partial charge in [0.2, 0.25) is 0 Å². The lowest BCUT2D eigenvalue weighted by atomic mass is 10.0. The van der Waals surface area contributed by atoms with Crippen molar-refractivity contribution >= 4 is 17.3 Å². The molecule has 1 aliphatic heterocycles. The molecule has 0 bridgehead atoms. The molecule has 2 rings (SSSR count). The van der Waals surface area contributed by atoms with E-state index in [9.17, 15) is 4.79 Å². The fourth-order valence-electron chi connectivity index (χ4n) is 2.08. The molecule has 0 saturated carbocycles. The normalized spacial score (nSPS) is 27.0. The SMILES string of the molecule is CC1C(C(=O)O)CCN1Cc1cncs1. The van der Waals surface area contributed by atoms with E-state index in [1.165, 1.54) is 4.88 Å². The van der Waals surface area contributed by atoms with Crippen LogP contribution in [0.15, 0.2) is 11.7 Å². The Balaban J connectivity index is 1.98. The molecule has 0 spiro atoms. The maximum atomic E-state index is 10.9. The van der Waals surface area contributed by atoms with Crippen molar-refractivity contribution in [3.8, 4) is 0 Å². The molecule has 0 aromatic carbocycles. The van der Waals surface area contributed by atoms with E-state index < -0.39 is 5.97 Å². The molecule has 82 valence electrons.